The van der Waals surface area contributed by atoms with Gasteiger partial charge in [0.1, 0.15) is 17.2 Å². The number of ether oxygens (including phenoxy) is 2. The van der Waals surface area contributed by atoms with Gasteiger partial charge in [0, 0.05) is 24.7 Å². The lowest BCUT2D eigenvalue weighted by molar-refractivity contribution is -0.244. The van der Waals surface area contributed by atoms with Crippen LogP contribution in [0, 0.1) is 5.41 Å². The number of nitrogen functional groups attached to an aromatic ring is 1. The molecular formula is C25H29F3N4O6. The number of halogens is 3. The molecule has 38 heavy (non-hydrogen) atoms. The minimum absolute atomic E-state index is 0.0617. The summed E-state index contributed by atoms with van der Waals surface area (Å²) in [5.74, 6) is -3.93. The van der Waals surface area contributed by atoms with E-state index in [4.69, 9.17) is 20.6 Å². The van der Waals surface area contributed by atoms with Gasteiger partial charge in [0.25, 0.3) is 5.91 Å². The van der Waals surface area contributed by atoms with Crippen molar-refractivity contribution in [2.75, 3.05) is 7.05 Å². The van der Waals surface area contributed by atoms with Gasteiger partial charge in [-0.1, -0.05) is 24.3 Å². The van der Waals surface area contributed by atoms with E-state index in [1.54, 1.807) is 20.8 Å². The third-order valence-corrected chi connectivity index (χ3v) is 4.72. The van der Waals surface area contributed by atoms with Gasteiger partial charge in [-0.3, -0.25) is 10.2 Å². The van der Waals surface area contributed by atoms with Crippen molar-refractivity contribution in [1.82, 2.24) is 9.96 Å². The molecule has 0 aliphatic carbocycles. The Morgan fingerprint density at radius 3 is 2.16 bits per heavy atom. The Kier molecular flexibility index (Phi) is 9.33. The molecule has 2 aromatic rings. The van der Waals surface area contributed by atoms with E-state index in [0.29, 0.717) is 5.56 Å². The lowest BCUT2D eigenvalue weighted by Gasteiger charge is -2.28. The van der Waals surface area contributed by atoms with Crippen molar-refractivity contribution in [3.63, 3.8) is 0 Å². The molecule has 0 saturated carbocycles. The SMILES string of the molecule is CC(Oc1cccc(C(=N)N)c1)N(OC(=O)C(F)(F)F)C(=O)c1ccc(CN(C)C(=O)OC(C)(C)C)cc1. The number of rotatable bonds is 7. The highest BCUT2D eigenvalue weighted by Gasteiger charge is 2.44. The second-order valence-corrected chi connectivity index (χ2v) is 9.20. The Balaban J connectivity index is 2.24. The van der Waals surface area contributed by atoms with E-state index in [2.05, 4.69) is 4.84 Å². The van der Waals surface area contributed by atoms with Crippen molar-refractivity contribution >= 4 is 23.8 Å². The summed E-state index contributed by atoms with van der Waals surface area (Å²) >= 11 is 0. The van der Waals surface area contributed by atoms with Crippen LogP contribution in [0.1, 0.15) is 49.2 Å². The molecule has 10 nitrogen and oxygen atoms in total. The molecular weight excluding hydrogens is 509 g/mol. The normalized spacial score (nSPS) is 12.2. The van der Waals surface area contributed by atoms with Crippen LogP contribution in [0.25, 0.3) is 0 Å². The van der Waals surface area contributed by atoms with Crippen LogP contribution in [-0.4, -0.2) is 58.8 Å². The molecule has 1 atom stereocenters. The van der Waals surface area contributed by atoms with Gasteiger partial charge in [0.2, 0.25) is 6.23 Å². The fourth-order valence-corrected chi connectivity index (χ4v) is 2.96. The summed E-state index contributed by atoms with van der Waals surface area (Å²) in [4.78, 5) is 42.5. The summed E-state index contributed by atoms with van der Waals surface area (Å²) in [5, 5.41) is 7.66. The van der Waals surface area contributed by atoms with Gasteiger partial charge in [-0.25, -0.2) is 9.59 Å². The topological polar surface area (TPSA) is 135 Å². The van der Waals surface area contributed by atoms with Crippen LogP contribution in [0.4, 0.5) is 18.0 Å². The van der Waals surface area contributed by atoms with Gasteiger partial charge in [-0.15, -0.1) is 5.06 Å². The van der Waals surface area contributed by atoms with Gasteiger partial charge >= 0.3 is 18.2 Å². The van der Waals surface area contributed by atoms with Crippen LogP contribution in [-0.2, 0) is 20.9 Å². The highest BCUT2D eigenvalue weighted by molar-refractivity contribution is 5.95. The minimum Gasteiger partial charge on any atom is -0.468 e. The number of amides is 2. The first kappa shape index (κ1) is 29.9. The predicted molar refractivity (Wildman–Crippen MR) is 130 cm³/mol. The summed E-state index contributed by atoms with van der Waals surface area (Å²) in [6.07, 6.45) is -7.44. The van der Waals surface area contributed by atoms with Crippen LogP contribution in [0.15, 0.2) is 48.5 Å². The minimum atomic E-state index is -5.37. The number of carbonyl (C=O) groups excluding carboxylic acids is 3. The molecule has 0 aliphatic rings. The molecule has 0 heterocycles. The predicted octanol–water partition coefficient (Wildman–Crippen LogP) is 4.23. The third-order valence-electron chi connectivity index (χ3n) is 4.72. The molecule has 0 fully saturated rings. The Hall–Kier alpha value is -4.29. The highest BCUT2D eigenvalue weighted by Crippen LogP contribution is 2.22. The van der Waals surface area contributed by atoms with E-state index in [9.17, 15) is 27.6 Å². The zero-order chi connectivity index (χ0) is 28.8. The number of nitrogens with two attached hydrogens (primary N) is 1. The van der Waals surface area contributed by atoms with Crippen LogP contribution < -0.4 is 10.5 Å². The second kappa shape index (κ2) is 11.8. The van der Waals surface area contributed by atoms with Gasteiger partial charge in [-0.05, 0) is 57.5 Å². The summed E-state index contributed by atoms with van der Waals surface area (Å²) in [7, 11) is 1.52. The Bertz CT molecular complexity index is 1180. The summed E-state index contributed by atoms with van der Waals surface area (Å²) in [5.41, 5.74) is 5.50. The summed E-state index contributed by atoms with van der Waals surface area (Å²) in [6, 6.07) is 11.3. The lowest BCUT2D eigenvalue weighted by atomic mass is 10.1. The molecule has 206 valence electrons. The first-order valence-electron chi connectivity index (χ1n) is 11.2. The molecule has 1 unspecified atom stereocenters. The molecule has 0 aromatic heterocycles. The number of amidine groups is 1. The first-order chi connectivity index (χ1) is 17.5. The summed E-state index contributed by atoms with van der Waals surface area (Å²) in [6.45, 7) is 6.50. The van der Waals surface area contributed by atoms with E-state index >= 15 is 0 Å². The number of alkyl halides is 3. The van der Waals surface area contributed by atoms with Gasteiger partial charge in [0.05, 0.1) is 0 Å². The van der Waals surface area contributed by atoms with Crippen molar-refractivity contribution in [3.05, 3.63) is 65.2 Å². The fraction of sp³-hybridized carbons (Fsp3) is 0.360. The zero-order valence-corrected chi connectivity index (χ0v) is 21.5. The molecule has 2 amide bonds. The van der Waals surface area contributed by atoms with Crippen LogP contribution in [0.5, 0.6) is 5.75 Å². The Labute approximate surface area is 217 Å². The quantitative estimate of drug-likeness (QED) is 0.233. The monoisotopic (exact) mass is 538 g/mol. The van der Waals surface area contributed by atoms with E-state index in [1.807, 2.05) is 0 Å². The molecule has 0 bridgehead atoms. The molecule has 13 heteroatoms. The van der Waals surface area contributed by atoms with E-state index in [-0.39, 0.29) is 34.3 Å². The van der Waals surface area contributed by atoms with Crippen molar-refractivity contribution in [3.8, 4) is 5.75 Å². The average Bonchev–Trinajstić information content (AvgIpc) is 2.80. The van der Waals surface area contributed by atoms with Gasteiger partial charge < -0.3 is 24.9 Å². The maximum Gasteiger partial charge on any atom is 0.493 e. The highest BCUT2D eigenvalue weighted by atomic mass is 19.4. The fourth-order valence-electron chi connectivity index (χ4n) is 2.96. The number of nitrogens with zero attached hydrogens (tertiary/aromatic N) is 2. The van der Waals surface area contributed by atoms with Gasteiger partial charge in [-0.2, -0.15) is 13.2 Å². The number of carbonyl (C=O) groups is 3. The van der Waals surface area contributed by atoms with Crippen molar-refractivity contribution < 1.29 is 41.9 Å². The molecule has 0 saturated heterocycles. The maximum atomic E-state index is 13.1. The lowest BCUT2D eigenvalue weighted by Crippen LogP contribution is -2.46. The molecule has 2 rings (SSSR count). The smallest absolute Gasteiger partial charge is 0.468 e. The number of hydrogen-bond donors (Lipinski definition) is 2. The third kappa shape index (κ3) is 8.68. The Morgan fingerprint density at radius 1 is 1.03 bits per heavy atom. The van der Waals surface area contributed by atoms with E-state index < -0.39 is 36.0 Å². The Morgan fingerprint density at radius 2 is 1.63 bits per heavy atom. The molecule has 0 aliphatic heterocycles. The van der Waals surface area contributed by atoms with Crippen LogP contribution in [0.2, 0.25) is 0 Å². The largest absolute Gasteiger partial charge is 0.493 e. The van der Waals surface area contributed by atoms with Crippen molar-refractivity contribution in [2.45, 2.75) is 52.2 Å². The molecule has 0 spiro atoms. The number of benzene rings is 2. The number of nitrogens with one attached hydrogen (secondary N) is 1. The van der Waals surface area contributed by atoms with Crippen molar-refractivity contribution in [2.24, 2.45) is 5.73 Å². The molecule has 0 radical (unpaired) electrons. The van der Waals surface area contributed by atoms with Gasteiger partial charge in [0.15, 0.2) is 0 Å². The second-order valence-electron chi connectivity index (χ2n) is 9.20. The maximum absolute atomic E-state index is 13.1. The summed E-state index contributed by atoms with van der Waals surface area (Å²) < 4.78 is 49.5. The van der Waals surface area contributed by atoms with E-state index in [1.165, 1.54) is 67.4 Å². The molecule has 3 N–H and O–H groups in total. The van der Waals surface area contributed by atoms with Crippen LogP contribution in [0.3, 0.4) is 0 Å². The van der Waals surface area contributed by atoms with Crippen LogP contribution >= 0.6 is 0 Å². The number of hydrogen-bond acceptors (Lipinski definition) is 7. The van der Waals surface area contributed by atoms with E-state index in [0.717, 1.165) is 0 Å². The number of hydroxylamine groups is 2. The molecule has 2 aromatic carbocycles. The average molecular weight is 539 g/mol. The first-order valence-corrected chi connectivity index (χ1v) is 11.2. The standard InChI is InChI=1S/C25H29F3N4O6/c1-15(36-19-8-6-7-18(13-19)20(29)30)32(38-22(34)25(26,27)28)21(33)17-11-9-16(10-12-17)14-31(5)23(35)37-24(2,3)4/h6-13,15H,14H2,1-5H3,(H3,29,30). The van der Waals surface area contributed by atoms with Crippen molar-refractivity contribution in [1.29, 1.82) is 5.41 Å². The zero-order valence-electron chi connectivity index (χ0n) is 21.5.